The molecule has 1 atom stereocenters. The Morgan fingerprint density at radius 1 is 1.23 bits per heavy atom. The average Bonchev–Trinajstić information content (AvgIpc) is 2.96. The number of nitrogens with one attached hydrogen (secondary N) is 2. The monoisotopic (exact) mass is 351 g/mol. The first-order valence-electron chi connectivity index (χ1n) is 8.57. The Morgan fingerprint density at radius 3 is 2.73 bits per heavy atom. The Balaban J connectivity index is 2.01. The summed E-state index contributed by atoms with van der Waals surface area (Å²) in [4.78, 5) is 30.0. The van der Waals surface area contributed by atoms with E-state index < -0.39 is 6.04 Å². The number of allylic oxidation sites excluding steroid dienone is 1. The number of ether oxygens (including phenoxy) is 1. The average molecular weight is 351 g/mol. The molecular weight excluding hydrogens is 330 g/mol. The highest BCUT2D eigenvalue weighted by Crippen LogP contribution is 2.37. The highest BCUT2D eigenvalue weighted by Gasteiger charge is 2.36. The summed E-state index contributed by atoms with van der Waals surface area (Å²) in [6.07, 6.45) is 5.46. The molecule has 0 saturated carbocycles. The Morgan fingerprint density at radius 2 is 2.00 bits per heavy atom. The van der Waals surface area contributed by atoms with Crippen LogP contribution in [0.2, 0.25) is 0 Å². The Bertz CT molecular complexity index is 997. The van der Waals surface area contributed by atoms with E-state index >= 15 is 0 Å². The first-order chi connectivity index (χ1) is 12.3. The quantitative estimate of drug-likeness (QED) is 0.829. The topological polar surface area (TPSA) is 74.4 Å². The van der Waals surface area contributed by atoms with Crippen molar-refractivity contribution in [3.8, 4) is 5.75 Å². The number of aromatic amines is 1. The van der Waals surface area contributed by atoms with Gasteiger partial charge in [-0.15, -0.1) is 0 Å². The number of benzene rings is 1. The van der Waals surface area contributed by atoms with Crippen molar-refractivity contribution in [3.63, 3.8) is 0 Å². The number of H-pyrrole nitrogens is 1. The van der Waals surface area contributed by atoms with Gasteiger partial charge in [0.15, 0.2) is 0 Å². The summed E-state index contributed by atoms with van der Waals surface area (Å²) < 4.78 is 5.32. The molecule has 0 bridgehead atoms. The van der Waals surface area contributed by atoms with Crippen molar-refractivity contribution in [2.45, 2.75) is 32.2 Å². The second-order valence-corrected chi connectivity index (χ2v) is 7.30. The molecule has 26 heavy (non-hydrogen) atoms. The van der Waals surface area contributed by atoms with Gasteiger partial charge >= 0.3 is 0 Å². The maximum atomic E-state index is 12.6. The second kappa shape index (κ2) is 5.49. The van der Waals surface area contributed by atoms with E-state index in [1.807, 2.05) is 24.3 Å². The summed E-state index contributed by atoms with van der Waals surface area (Å²) in [5.74, 6) is 0.358. The second-order valence-electron chi connectivity index (χ2n) is 7.30. The van der Waals surface area contributed by atoms with E-state index in [-0.39, 0.29) is 17.2 Å². The summed E-state index contributed by atoms with van der Waals surface area (Å²) in [5.41, 5.74) is 2.81. The molecule has 4 rings (SSSR count). The van der Waals surface area contributed by atoms with Crippen molar-refractivity contribution >= 4 is 28.8 Å². The van der Waals surface area contributed by atoms with Gasteiger partial charge in [0.2, 0.25) is 0 Å². The molecule has 1 aromatic heterocycles. The molecular formula is C20H21N3O3. The normalized spacial score (nSPS) is 24.7. The molecule has 2 N–H and O–H groups in total. The molecule has 1 fully saturated rings. The van der Waals surface area contributed by atoms with Gasteiger partial charge in [-0.2, -0.15) is 0 Å². The van der Waals surface area contributed by atoms with E-state index in [2.05, 4.69) is 24.1 Å². The summed E-state index contributed by atoms with van der Waals surface area (Å²) >= 11 is 0. The van der Waals surface area contributed by atoms with Crippen molar-refractivity contribution in [3.05, 3.63) is 47.4 Å². The van der Waals surface area contributed by atoms with E-state index in [0.717, 1.165) is 27.9 Å². The van der Waals surface area contributed by atoms with Crippen molar-refractivity contribution in [1.29, 1.82) is 0 Å². The van der Waals surface area contributed by atoms with Crippen LogP contribution < -0.4 is 10.1 Å². The lowest BCUT2D eigenvalue weighted by Crippen LogP contribution is -2.53. The number of aromatic nitrogens is 1. The number of methoxy groups -OCH3 is 1. The molecule has 0 unspecified atom stereocenters. The van der Waals surface area contributed by atoms with Crippen LogP contribution in [-0.2, 0) is 15.0 Å². The molecule has 0 spiro atoms. The van der Waals surface area contributed by atoms with E-state index in [9.17, 15) is 9.59 Å². The molecule has 1 aromatic carbocycles. The molecule has 0 aliphatic carbocycles. The van der Waals surface area contributed by atoms with Gasteiger partial charge < -0.3 is 15.0 Å². The van der Waals surface area contributed by atoms with Crippen LogP contribution in [0.4, 0.5) is 0 Å². The van der Waals surface area contributed by atoms with Crippen LogP contribution in [0, 0.1) is 0 Å². The number of carbonyl (C=O) groups is 2. The number of fused-ring (bicyclic) bond motifs is 4. The Labute approximate surface area is 151 Å². The molecule has 0 radical (unpaired) electrons. The zero-order valence-electron chi connectivity index (χ0n) is 15.2. The summed E-state index contributed by atoms with van der Waals surface area (Å²) in [6, 6.07) is 5.25. The number of rotatable bonds is 1. The van der Waals surface area contributed by atoms with Crippen molar-refractivity contribution in [1.82, 2.24) is 15.2 Å². The van der Waals surface area contributed by atoms with Crippen LogP contribution in [0.3, 0.4) is 0 Å². The van der Waals surface area contributed by atoms with Gasteiger partial charge in [-0.25, -0.2) is 0 Å². The van der Waals surface area contributed by atoms with Gasteiger partial charge in [-0.1, -0.05) is 19.9 Å². The Kier molecular flexibility index (Phi) is 3.47. The molecule has 2 aliphatic rings. The predicted molar refractivity (Wildman–Crippen MR) is 99.4 cm³/mol. The first kappa shape index (κ1) is 16.4. The zero-order valence-corrected chi connectivity index (χ0v) is 15.2. The molecule has 2 aromatic rings. The lowest BCUT2D eigenvalue weighted by molar-refractivity contribution is -0.137. The zero-order chi connectivity index (χ0) is 18.6. The highest BCUT2D eigenvalue weighted by molar-refractivity contribution is 6.09. The molecule has 2 aliphatic heterocycles. The van der Waals surface area contributed by atoms with Gasteiger partial charge in [0, 0.05) is 39.8 Å². The largest absolute Gasteiger partial charge is 0.497 e. The highest BCUT2D eigenvalue weighted by atomic mass is 16.5. The predicted octanol–water partition coefficient (Wildman–Crippen LogP) is 2.67. The van der Waals surface area contributed by atoms with Gasteiger partial charge in [0.1, 0.15) is 17.5 Å². The molecule has 6 nitrogen and oxygen atoms in total. The standard InChI is InChI=1S/C20H21N3O3/c1-11-19(25)23-8-7-20(2,3)17-14(10-16(23)18(24)21-11)13-6-5-12(26-4)9-15(13)22-17/h5-11,22H,1-4H3,(H,21,24)/b8-7-,16-10-/t11-/m0/s1. The van der Waals surface area contributed by atoms with Crippen LogP contribution in [0.1, 0.15) is 32.0 Å². The minimum Gasteiger partial charge on any atom is -0.497 e. The van der Waals surface area contributed by atoms with Crippen LogP contribution in [0.25, 0.3) is 17.0 Å². The van der Waals surface area contributed by atoms with Gasteiger partial charge in [0.25, 0.3) is 11.8 Å². The van der Waals surface area contributed by atoms with Crippen molar-refractivity contribution < 1.29 is 14.3 Å². The van der Waals surface area contributed by atoms with Crippen LogP contribution >= 0.6 is 0 Å². The maximum absolute atomic E-state index is 12.6. The molecule has 6 heteroatoms. The van der Waals surface area contributed by atoms with Crippen LogP contribution in [-0.4, -0.2) is 34.8 Å². The maximum Gasteiger partial charge on any atom is 0.269 e. The third kappa shape index (κ3) is 2.33. The first-order valence-corrected chi connectivity index (χ1v) is 8.57. The SMILES string of the molecule is COc1ccc2c3c([nH]c2c1)C(C)(C)/C=C\N1C(=O)[C@H](C)NC(=O)/C1=C/3. The van der Waals surface area contributed by atoms with E-state index in [0.29, 0.717) is 5.70 Å². The summed E-state index contributed by atoms with van der Waals surface area (Å²) in [6.45, 7) is 5.84. The minimum atomic E-state index is -0.543. The molecule has 2 amide bonds. The number of carbonyl (C=O) groups excluding carboxylic acids is 2. The molecule has 3 heterocycles. The van der Waals surface area contributed by atoms with E-state index in [4.69, 9.17) is 4.74 Å². The van der Waals surface area contributed by atoms with Gasteiger partial charge in [-0.05, 0) is 25.1 Å². The number of amides is 2. The van der Waals surface area contributed by atoms with E-state index in [1.54, 1.807) is 26.3 Å². The van der Waals surface area contributed by atoms with Crippen LogP contribution in [0.5, 0.6) is 5.75 Å². The van der Waals surface area contributed by atoms with Crippen molar-refractivity contribution in [2.24, 2.45) is 0 Å². The lowest BCUT2D eigenvalue weighted by atomic mass is 9.85. The van der Waals surface area contributed by atoms with Gasteiger partial charge in [-0.3, -0.25) is 14.5 Å². The number of hydrogen-bond donors (Lipinski definition) is 2. The fourth-order valence-electron chi connectivity index (χ4n) is 3.52. The van der Waals surface area contributed by atoms with E-state index in [1.165, 1.54) is 4.90 Å². The van der Waals surface area contributed by atoms with Crippen molar-refractivity contribution in [2.75, 3.05) is 7.11 Å². The third-order valence-electron chi connectivity index (χ3n) is 5.06. The number of nitrogens with zero attached hydrogens (tertiary/aromatic N) is 1. The lowest BCUT2D eigenvalue weighted by Gasteiger charge is -2.33. The smallest absolute Gasteiger partial charge is 0.269 e. The Hall–Kier alpha value is -3.02. The summed E-state index contributed by atoms with van der Waals surface area (Å²) in [7, 11) is 1.63. The fraction of sp³-hybridized carbons (Fsp3) is 0.300. The van der Waals surface area contributed by atoms with Gasteiger partial charge in [0.05, 0.1) is 7.11 Å². The minimum absolute atomic E-state index is 0.145. The third-order valence-corrected chi connectivity index (χ3v) is 5.06. The van der Waals surface area contributed by atoms with Crippen LogP contribution in [0.15, 0.2) is 36.2 Å². The number of piperazine rings is 1. The summed E-state index contributed by atoms with van der Waals surface area (Å²) in [5, 5.41) is 3.71. The molecule has 1 saturated heterocycles. The fourth-order valence-corrected chi connectivity index (χ4v) is 3.52. The number of hydrogen-bond acceptors (Lipinski definition) is 3. The molecule has 134 valence electrons.